The minimum atomic E-state index is -1.67. The number of benzene rings is 1. The van der Waals surface area contributed by atoms with E-state index in [-0.39, 0.29) is 23.7 Å². The maximum absolute atomic E-state index is 14.4. The van der Waals surface area contributed by atoms with Crippen LogP contribution in [0.4, 0.5) is 20.6 Å². The molecule has 2 fully saturated rings. The number of hydrogen-bond acceptors (Lipinski definition) is 8. The van der Waals surface area contributed by atoms with E-state index in [9.17, 15) is 24.3 Å². The average Bonchev–Trinajstić information content (AvgIpc) is 3.49. The number of rotatable bonds is 9. The molecule has 1 aliphatic carbocycles. The van der Waals surface area contributed by atoms with Crippen LogP contribution in [0.3, 0.4) is 0 Å². The number of nitrogens with zero attached hydrogens (tertiary/aromatic N) is 5. The van der Waals surface area contributed by atoms with Gasteiger partial charge in [-0.25, -0.2) is 13.7 Å². The third-order valence-corrected chi connectivity index (χ3v) is 7.95. The van der Waals surface area contributed by atoms with Crippen molar-refractivity contribution in [3.8, 4) is 17.5 Å². The second-order valence-electron chi connectivity index (χ2n) is 11.4. The number of pyridine rings is 1. The van der Waals surface area contributed by atoms with Gasteiger partial charge in [0.15, 0.2) is 0 Å². The van der Waals surface area contributed by atoms with Gasteiger partial charge in [0.1, 0.15) is 18.8 Å². The van der Waals surface area contributed by atoms with E-state index in [2.05, 4.69) is 26.8 Å². The summed E-state index contributed by atoms with van der Waals surface area (Å²) >= 11 is 0. The van der Waals surface area contributed by atoms with E-state index >= 15 is 0 Å². The van der Waals surface area contributed by atoms with E-state index in [0.29, 0.717) is 47.0 Å². The lowest BCUT2D eigenvalue weighted by Crippen LogP contribution is -2.42. The van der Waals surface area contributed by atoms with Gasteiger partial charge in [-0.3, -0.25) is 14.7 Å². The lowest BCUT2D eigenvalue weighted by atomic mass is 10.0. The molecule has 12 heteroatoms. The number of hydrogen-bond donors (Lipinski definition) is 3. The molecule has 1 atom stereocenters. The van der Waals surface area contributed by atoms with Crippen molar-refractivity contribution in [2.24, 2.45) is 0 Å². The molecule has 4 heterocycles. The minimum Gasteiger partial charge on any atom is -0.448 e. The van der Waals surface area contributed by atoms with Crippen LogP contribution < -0.4 is 10.6 Å². The number of carbonyl (C=O) groups excluding carboxylic acids is 2. The van der Waals surface area contributed by atoms with E-state index < -0.39 is 17.7 Å². The summed E-state index contributed by atoms with van der Waals surface area (Å²) in [4.78, 5) is 31.7. The summed E-state index contributed by atoms with van der Waals surface area (Å²) in [7, 11) is 0. The van der Waals surface area contributed by atoms with Gasteiger partial charge in [-0.2, -0.15) is 10.4 Å². The highest BCUT2D eigenvalue weighted by atomic mass is 19.1. The second kappa shape index (κ2) is 10.7. The summed E-state index contributed by atoms with van der Waals surface area (Å²) in [5, 5.41) is 29.4. The zero-order chi connectivity index (χ0) is 30.4. The van der Waals surface area contributed by atoms with E-state index in [1.165, 1.54) is 26.2 Å². The van der Waals surface area contributed by atoms with Crippen molar-refractivity contribution in [3.05, 3.63) is 77.6 Å². The number of anilines is 2. The molecule has 1 saturated carbocycles. The van der Waals surface area contributed by atoms with Crippen molar-refractivity contribution in [3.63, 3.8) is 0 Å². The van der Waals surface area contributed by atoms with Crippen LogP contribution in [-0.4, -0.2) is 68.1 Å². The minimum absolute atomic E-state index is 0.176. The Morgan fingerprint density at radius 2 is 1.98 bits per heavy atom. The zero-order valence-corrected chi connectivity index (χ0v) is 23.7. The molecule has 6 rings (SSSR count). The number of carbonyl (C=O) groups is 2. The standard InChI is InChI=1S/C31H30FN7O4/c1-30(2,42)27(32)18-35-28(40)23-17-34-25(26-8-7-22-13-19(15-33)16-36-39(22)26)14-24(23)37-21-5-3-20(4-6-21)31(9-10-31)38-11-12-43-29(38)41/h3-8,13-14,16-17,27,42H,9-12,18H2,1-2H3,(H,34,37)(H,35,40). The highest BCUT2D eigenvalue weighted by Crippen LogP contribution is 2.52. The highest BCUT2D eigenvalue weighted by molar-refractivity contribution is 6.00. The van der Waals surface area contributed by atoms with Crippen LogP contribution in [0.5, 0.6) is 0 Å². The maximum Gasteiger partial charge on any atom is 0.410 e. The van der Waals surface area contributed by atoms with Crippen molar-refractivity contribution in [2.75, 3.05) is 25.0 Å². The molecular formula is C31H30FN7O4. The molecule has 0 spiro atoms. The number of aliphatic hydroxyl groups is 1. The Morgan fingerprint density at radius 3 is 2.63 bits per heavy atom. The fourth-order valence-electron chi connectivity index (χ4n) is 5.30. The maximum atomic E-state index is 14.4. The first-order valence-electron chi connectivity index (χ1n) is 13.9. The molecule has 1 aromatic carbocycles. The van der Waals surface area contributed by atoms with Crippen molar-refractivity contribution in [2.45, 2.75) is 44.0 Å². The quantitative estimate of drug-likeness (QED) is 0.265. The molecule has 43 heavy (non-hydrogen) atoms. The molecule has 3 aromatic heterocycles. The van der Waals surface area contributed by atoms with E-state index in [4.69, 9.17) is 4.74 Å². The second-order valence-corrected chi connectivity index (χ2v) is 11.4. The van der Waals surface area contributed by atoms with Gasteiger partial charge in [-0.05, 0) is 68.7 Å². The Hall–Kier alpha value is -5.02. The van der Waals surface area contributed by atoms with Crippen molar-refractivity contribution in [1.29, 1.82) is 5.26 Å². The number of nitriles is 1. The number of cyclic esters (lactones) is 1. The summed E-state index contributed by atoms with van der Waals surface area (Å²) in [6.45, 7) is 3.24. The Bertz CT molecular complexity index is 1750. The van der Waals surface area contributed by atoms with Crippen LogP contribution in [0.15, 0.2) is 60.9 Å². The molecule has 0 bridgehead atoms. The number of amides is 2. The Labute approximate surface area is 246 Å². The van der Waals surface area contributed by atoms with Crippen molar-refractivity contribution < 1.29 is 23.8 Å². The van der Waals surface area contributed by atoms with Gasteiger partial charge in [0.25, 0.3) is 5.91 Å². The first-order valence-corrected chi connectivity index (χ1v) is 13.9. The van der Waals surface area contributed by atoms with Gasteiger partial charge in [-0.15, -0.1) is 0 Å². The number of halogens is 1. The van der Waals surface area contributed by atoms with Crippen LogP contribution in [0.2, 0.25) is 0 Å². The molecule has 0 radical (unpaired) electrons. The molecule has 11 nitrogen and oxygen atoms in total. The van der Waals surface area contributed by atoms with Gasteiger partial charge in [-0.1, -0.05) is 12.1 Å². The normalized spacial score (nSPS) is 16.4. The van der Waals surface area contributed by atoms with Crippen LogP contribution in [-0.2, 0) is 10.3 Å². The van der Waals surface area contributed by atoms with E-state index in [0.717, 1.165) is 18.4 Å². The molecule has 1 aliphatic heterocycles. The van der Waals surface area contributed by atoms with Gasteiger partial charge >= 0.3 is 6.09 Å². The molecule has 2 aliphatic rings. The first-order chi connectivity index (χ1) is 20.6. The number of nitrogens with one attached hydrogen (secondary N) is 2. The van der Waals surface area contributed by atoms with Gasteiger partial charge in [0.2, 0.25) is 0 Å². The molecule has 3 N–H and O–H groups in total. The lowest BCUT2D eigenvalue weighted by Gasteiger charge is -2.26. The fourth-order valence-corrected chi connectivity index (χ4v) is 5.30. The molecule has 2 amide bonds. The molecular weight excluding hydrogens is 553 g/mol. The van der Waals surface area contributed by atoms with Crippen LogP contribution in [0.25, 0.3) is 16.9 Å². The third kappa shape index (κ3) is 5.35. The van der Waals surface area contributed by atoms with Gasteiger partial charge in [0, 0.05) is 11.9 Å². The predicted octanol–water partition coefficient (Wildman–Crippen LogP) is 4.29. The zero-order valence-electron chi connectivity index (χ0n) is 23.7. The Morgan fingerprint density at radius 1 is 1.21 bits per heavy atom. The van der Waals surface area contributed by atoms with Crippen LogP contribution in [0.1, 0.15) is 48.2 Å². The Kier molecular flexibility index (Phi) is 6.98. The summed E-state index contributed by atoms with van der Waals surface area (Å²) in [6, 6.07) is 16.8. The molecule has 1 unspecified atom stereocenters. The van der Waals surface area contributed by atoms with Crippen molar-refractivity contribution >= 4 is 28.9 Å². The summed E-state index contributed by atoms with van der Waals surface area (Å²) in [6.07, 6.45) is 2.62. The number of alkyl halides is 1. The summed E-state index contributed by atoms with van der Waals surface area (Å²) in [5.74, 6) is -0.564. The van der Waals surface area contributed by atoms with Crippen molar-refractivity contribution in [1.82, 2.24) is 24.8 Å². The monoisotopic (exact) mass is 583 g/mol. The number of aromatic nitrogens is 3. The lowest BCUT2D eigenvalue weighted by molar-refractivity contribution is -0.00177. The number of fused-ring (bicyclic) bond motifs is 1. The molecule has 220 valence electrons. The van der Waals surface area contributed by atoms with Gasteiger partial charge in [0.05, 0.1) is 64.1 Å². The third-order valence-electron chi connectivity index (χ3n) is 7.95. The smallest absolute Gasteiger partial charge is 0.410 e. The SMILES string of the molecule is CC(C)(O)C(F)CNC(=O)c1cnc(-c2ccc3cc(C#N)cnn23)cc1Nc1ccc(C2(N3CCOC3=O)CC2)cc1. The Balaban J connectivity index is 1.31. The van der Waals surface area contributed by atoms with Crippen LogP contribution >= 0.6 is 0 Å². The molecule has 4 aromatic rings. The first kappa shape index (κ1) is 28.1. The fraction of sp³-hybridized carbons (Fsp3) is 0.323. The average molecular weight is 584 g/mol. The summed E-state index contributed by atoms with van der Waals surface area (Å²) in [5.41, 5.74) is 2.61. The van der Waals surface area contributed by atoms with E-state index in [1.807, 2.05) is 36.4 Å². The predicted molar refractivity (Wildman–Crippen MR) is 155 cm³/mol. The highest BCUT2D eigenvalue weighted by Gasteiger charge is 2.53. The summed E-state index contributed by atoms with van der Waals surface area (Å²) < 4.78 is 21.2. The van der Waals surface area contributed by atoms with E-state index in [1.54, 1.807) is 21.5 Å². The van der Waals surface area contributed by atoms with Crippen LogP contribution in [0, 0.1) is 11.3 Å². The van der Waals surface area contributed by atoms with Gasteiger partial charge < -0.3 is 20.5 Å². The topological polar surface area (TPSA) is 145 Å². The number of ether oxygens (including phenoxy) is 1. The molecule has 1 saturated heterocycles. The largest absolute Gasteiger partial charge is 0.448 e.